The first-order valence-electron chi connectivity index (χ1n) is 13.5. The van der Waals surface area contributed by atoms with Crippen LogP contribution in [0.1, 0.15) is 61.5 Å². The minimum absolute atomic E-state index is 0.0341. The lowest BCUT2D eigenvalue weighted by Gasteiger charge is -2.32. The van der Waals surface area contributed by atoms with Crippen molar-refractivity contribution in [1.82, 2.24) is 14.8 Å². The molecule has 4 rings (SSSR count). The SMILES string of the molecule is CCN(C(=O)Cn1c(C(=O)NC2CCN(C(=O)CCCCC(=O)O)CC2)cc2sccc21)c1cccc(C)c1. The van der Waals surface area contributed by atoms with Crippen LogP contribution in [0.25, 0.3) is 10.2 Å². The Hall–Kier alpha value is -3.66. The number of aromatic nitrogens is 1. The van der Waals surface area contributed by atoms with E-state index in [1.165, 1.54) is 11.3 Å². The summed E-state index contributed by atoms with van der Waals surface area (Å²) in [6, 6.07) is 11.6. The summed E-state index contributed by atoms with van der Waals surface area (Å²) in [5.74, 6) is -1.12. The topological polar surface area (TPSA) is 112 Å². The van der Waals surface area contributed by atoms with Crippen molar-refractivity contribution in [2.45, 2.75) is 65.0 Å². The molecule has 2 N–H and O–H groups in total. The van der Waals surface area contributed by atoms with Crippen molar-refractivity contribution in [3.8, 4) is 0 Å². The van der Waals surface area contributed by atoms with E-state index >= 15 is 0 Å². The zero-order chi connectivity index (χ0) is 27.9. The van der Waals surface area contributed by atoms with Crippen molar-refractivity contribution in [3.05, 3.63) is 53.0 Å². The summed E-state index contributed by atoms with van der Waals surface area (Å²) in [5.41, 5.74) is 3.24. The van der Waals surface area contributed by atoms with Crippen LogP contribution in [0.2, 0.25) is 0 Å². The molecule has 0 aliphatic carbocycles. The van der Waals surface area contributed by atoms with Gasteiger partial charge in [0.05, 0.1) is 10.2 Å². The van der Waals surface area contributed by atoms with Crippen LogP contribution in [0.4, 0.5) is 5.69 Å². The molecule has 208 valence electrons. The number of hydrogen-bond donors (Lipinski definition) is 2. The molecule has 0 bridgehead atoms. The summed E-state index contributed by atoms with van der Waals surface area (Å²) in [6.07, 6.45) is 2.78. The first-order chi connectivity index (χ1) is 18.8. The zero-order valence-electron chi connectivity index (χ0n) is 22.5. The molecule has 0 radical (unpaired) electrons. The predicted molar refractivity (Wildman–Crippen MR) is 152 cm³/mol. The van der Waals surface area contributed by atoms with Crippen molar-refractivity contribution >= 4 is 50.9 Å². The third-order valence-electron chi connectivity index (χ3n) is 7.19. The molecule has 1 saturated heterocycles. The number of thiophene rings is 1. The molecule has 3 heterocycles. The summed E-state index contributed by atoms with van der Waals surface area (Å²) >= 11 is 1.54. The molecule has 39 heavy (non-hydrogen) atoms. The molecule has 1 aliphatic rings. The van der Waals surface area contributed by atoms with E-state index in [9.17, 15) is 19.2 Å². The van der Waals surface area contributed by atoms with Crippen molar-refractivity contribution < 1.29 is 24.3 Å². The molecule has 1 aliphatic heterocycles. The number of fused-ring (bicyclic) bond motifs is 1. The molecule has 2 aromatic heterocycles. The number of rotatable bonds is 11. The first-order valence-corrected chi connectivity index (χ1v) is 14.4. The average Bonchev–Trinajstić information content (AvgIpc) is 3.50. The van der Waals surface area contributed by atoms with Gasteiger partial charge >= 0.3 is 5.97 Å². The van der Waals surface area contributed by atoms with Gasteiger partial charge in [0.15, 0.2) is 0 Å². The van der Waals surface area contributed by atoms with Gasteiger partial charge in [-0.2, -0.15) is 0 Å². The van der Waals surface area contributed by atoms with Gasteiger partial charge in [0, 0.05) is 44.2 Å². The Morgan fingerprint density at radius 2 is 1.82 bits per heavy atom. The number of carbonyl (C=O) groups is 4. The highest BCUT2D eigenvalue weighted by molar-refractivity contribution is 7.17. The minimum atomic E-state index is -0.844. The maximum absolute atomic E-state index is 13.4. The number of benzene rings is 1. The van der Waals surface area contributed by atoms with E-state index in [0.717, 1.165) is 21.5 Å². The number of likely N-dealkylation sites (tertiary alicyclic amines) is 1. The number of carboxylic acids is 1. The molecular formula is C29H36N4O5S. The standard InChI is InChI=1S/C29H36N4O5S/c1-3-32(22-8-6-7-20(2)17-22)27(35)19-33-23-13-16-39-25(23)18-24(33)29(38)30-21-11-14-31(15-12-21)26(34)9-4-5-10-28(36)37/h6-8,13,16-18,21H,3-5,9-12,14-15,19H2,1-2H3,(H,30,38)(H,36,37). The summed E-state index contributed by atoms with van der Waals surface area (Å²) in [7, 11) is 0. The van der Waals surface area contributed by atoms with Crippen molar-refractivity contribution in [2.75, 3.05) is 24.5 Å². The number of carbonyl (C=O) groups excluding carboxylic acids is 3. The van der Waals surface area contributed by atoms with Crippen LogP contribution in [-0.4, -0.2) is 63.9 Å². The number of aliphatic carboxylic acids is 1. The normalized spacial score (nSPS) is 13.9. The zero-order valence-corrected chi connectivity index (χ0v) is 23.3. The Morgan fingerprint density at radius 3 is 2.51 bits per heavy atom. The van der Waals surface area contributed by atoms with Gasteiger partial charge in [-0.1, -0.05) is 12.1 Å². The first kappa shape index (κ1) is 28.4. The van der Waals surface area contributed by atoms with Gasteiger partial charge in [0.1, 0.15) is 12.2 Å². The predicted octanol–water partition coefficient (Wildman–Crippen LogP) is 4.43. The molecule has 0 saturated carbocycles. The van der Waals surface area contributed by atoms with E-state index in [1.54, 1.807) is 14.4 Å². The lowest BCUT2D eigenvalue weighted by Crippen LogP contribution is -2.47. The summed E-state index contributed by atoms with van der Waals surface area (Å²) in [4.78, 5) is 53.5. The lowest BCUT2D eigenvalue weighted by atomic mass is 10.0. The fourth-order valence-corrected chi connectivity index (χ4v) is 5.92. The largest absolute Gasteiger partial charge is 0.481 e. The molecule has 1 fully saturated rings. The monoisotopic (exact) mass is 552 g/mol. The summed E-state index contributed by atoms with van der Waals surface area (Å²) in [5, 5.41) is 13.8. The van der Waals surface area contributed by atoms with Crippen molar-refractivity contribution in [3.63, 3.8) is 0 Å². The number of carboxylic acid groups (broad SMARTS) is 1. The van der Waals surface area contributed by atoms with E-state index in [2.05, 4.69) is 5.32 Å². The summed E-state index contributed by atoms with van der Waals surface area (Å²) < 4.78 is 2.76. The Bertz CT molecular complexity index is 1340. The Balaban J connectivity index is 1.38. The van der Waals surface area contributed by atoms with E-state index in [-0.39, 0.29) is 36.7 Å². The van der Waals surface area contributed by atoms with Crippen molar-refractivity contribution in [1.29, 1.82) is 0 Å². The minimum Gasteiger partial charge on any atom is -0.481 e. The van der Waals surface area contributed by atoms with Gasteiger partial charge < -0.3 is 24.8 Å². The third-order valence-corrected chi connectivity index (χ3v) is 8.05. The molecule has 10 heteroatoms. The van der Waals surface area contributed by atoms with E-state index in [1.807, 2.05) is 55.6 Å². The van der Waals surface area contributed by atoms with Crippen LogP contribution in [-0.2, 0) is 20.9 Å². The van der Waals surface area contributed by atoms with Gasteiger partial charge in [-0.3, -0.25) is 19.2 Å². The van der Waals surface area contributed by atoms with Gasteiger partial charge in [-0.15, -0.1) is 11.3 Å². The number of likely N-dealkylation sites (N-methyl/N-ethyl adjacent to an activating group) is 1. The number of aryl methyl sites for hydroxylation is 1. The third kappa shape index (κ3) is 7.06. The number of hydrogen-bond acceptors (Lipinski definition) is 5. The molecule has 3 amide bonds. The number of piperidine rings is 1. The molecule has 9 nitrogen and oxygen atoms in total. The Morgan fingerprint density at radius 1 is 1.08 bits per heavy atom. The van der Waals surface area contributed by atoms with Gasteiger partial charge in [0.25, 0.3) is 5.91 Å². The smallest absolute Gasteiger partial charge is 0.303 e. The van der Waals surface area contributed by atoms with Crippen LogP contribution in [0.15, 0.2) is 41.8 Å². The number of amides is 3. The second-order valence-corrected chi connectivity index (χ2v) is 10.9. The van der Waals surface area contributed by atoms with Crippen LogP contribution >= 0.6 is 11.3 Å². The molecule has 1 aromatic carbocycles. The van der Waals surface area contributed by atoms with Crippen LogP contribution < -0.4 is 10.2 Å². The lowest BCUT2D eigenvalue weighted by molar-refractivity contribution is -0.137. The Labute approximate surface area is 232 Å². The van der Waals surface area contributed by atoms with E-state index in [4.69, 9.17) is 5.11 Å². The quantitative estimate of drug-likeness (QED) is 0.342. The fraction of sp³-hybridized carbons (Fsp3) is 0.448. The highest BCUT2D eigenvalue weighted by atomic mass is 32.1. The number of nitrogens with one attached hydrogen (secondary N) is 1. The number of anilines is 1. The van der Waals surface area contributed by atoms with Crippen LogP contribution in [0, 0.1) is 6.92 Å². The second kappa shape index (κ2) is 12.9. The molecular weight excluding hydrogens is 516 g/mol. The van der Waals surface area contributed by atoms with Gasteiger partial charge in [-0.05, 0) is 74.7 Å². The highest BCUT2D eigenvalue weighted by Crippen LogP contribution is 2.27. The van der Waals surface area contributed by atoms with Crippen molar-refractivity contribution in [2.24, 2.45) is 0 Å². The van der Waals surface area contributed by atoms with E-state index < -0.39 is 5.97 Å². The molecule has 3 aromatic rings. The molecule has 0 atom stereocenters. The maximum atomic E-state index is 13.4. The number of unbranched alkanes of at least 4 members (excludes halogenated alkanes) is 1. The van der Waals surface area contributed by atoms with Gasteiger partial charge in [-0.25, -0.2) is 0 Å². The Kier molecular flexibility index (Phi) is 9.40. The maximum Gasteiger partial charge on any atom is 0.303 e. The number of nitrogens with zero attached hydrogens (tertiary/aromatic N) is 3. The van der Waals surface area contributed by atoms with E-state index in [0.29, 0.717) is 57.4 Å². The average molecular weight is 553 g/mol. The molecule has 0 spiro atoms. The molecule has 0 unspecified atom stereocenters. The van der Waals surface area contributed by atoms with Crippen LogP contribution in [0.5, 0.6) is 0 Å². The summed E-state index contributed by atoms with van der Waals surface area (Å²) in [6.45, 7) is 5.62. The van der Waals surface area contributed by atoms with Gasteiger partial charge in [0.2, 0.25) is 11.8 Å². The highest BCUT2D eigenvalue weighted by Gasteiger charge is 2.26. The fourth-order valence-electron chi connectivity index (χ4n) is 5.10. The second-order valence-electron chi connectivity index (χ2n) is 9.99. The van der Waals surface area contributed by atoms with Crippen LogP contribution in [0.3, 0.4) is 0 Å².